The Morgan fingerprint density at radius 2 is 2.19 bits per heavy atom. The Hall–Kier alpha value is -1.76. The number of aliphatic hydroxyl groups excluding tert-OH is 1. The second kappa shape index (κ2) is 8.51. The van der Waals surface area contributed by atoms with E-state index in [9.17, 15) is 18.7 Å². The van der Waals surface area contributed by atoms with Crippen molar-refractivity contribution in [1.82, 2.24) is 10.3 Å². The number of amides is 1. The zero-order chi connectivity index (χ0) is 15.8. The van der Waals surface area contributed by atoms with Gasteiger partial charge in [-0.3, -0.25) is 4.79 Å². The lowest BCUT2D eigenvalue weighted by atomic mass is 10.0. The summed E-state index contributed by atoms with van der Waals surface area (Å²) < 4.78 is 29.2. The molecule has 7 heteroatoms. The number of pyridine rings is 1. The third-order valence-corrected chi connectivity index (χ3v) is 2.67. The minimum absolute atomic E-state index is 0.0698. The number of halogens is 2. The molecule has 0 aliphatic heterocycles. The molecule has 0 aliphatic rings. The van der Waals surface area contributed by atoms with Crippen molar-refractivity contribution in [2.24, 2.45) is 5.92 Å². The Bertz CT molecular complexity index is 456. The maximum atomic E-state index is 12.2. The van der Waals surface area contributed by atoms with E-state index in [1.165, 1.54) is 18.3 Å². The summed E-state index contributed by atoms with van der Waals surface area (Å²) in [6.07, 6.45) is -0.681. The van der Waals surface area contributed by atoms with Crippen LogP contribution in [0.25, 0.3) is 0 Å². The van der Waals surface area contributed by atoms with Crippen molar-refractivity contribution in [1.29, 1.82) is 0 Å². The van der Waals surface area contributed by atoms with Gasteiger partial charge in [0.05, 0.1) is 12.6 Å². The van der Waals surface area contributed by atoms with Crippen LogP contribution in [-0.2, 0) is 0 Å². The number of aromatic nitrogens is 1. The molecule has 1 unspecified atom stereocenters. The molecule has 1 amide bonds. The summed E-state index contributed by atoms with van der Waals surface area (Å²) in [6, 6.07) is 2.55. The van der Waals surface area contributed by atoms with Crippen LogP contribution in [0.5, 0.6) is 5.88 Å². The minimum Gasteiger partial charge on any atom is -0.471 e. The highest BCUT2D eigenvalue weighted by Crippen LogP contribution is 2.16. The highest BCUT2D eigenvalue weighted by Gasteiger charge is 2.19. The van der Waals surface area contributed by atoms with Crippen molar-refractivity contribution in [3.8, 4) is 5.88 Å². The van der Waals surface area contributed by atoms with E-state index in [0.29, 0.717) is 12.3 Å². The summed E-state index contributed by atoms with van der Waals surface area (Å²) in [5, 5.41) is 11.9. The van der Waals surface area contributed by atoms with Gasteiger partial charge in [-0.1, -0.05) is 13.8 Å². The first kappa shape index (κ1) is 17.3. The molecule has 1 aromatic rings. The third-order valence-electron chi connectivity index (χ3n) is 2.67. The largest absolute Gasteiger partial charge is 0.471 e. The molecule has 1 aromatic heterocycles. The van der Waals surface area contributed by atoms with E-state index in [0.717, 1.165) is 0 Å². The molecule has 0 saturated heterocycles. The Labute approximate surface area is 122 Å². The number of carbonyl (C=O) groups excluding carboxylic acids is 1. The number of alkyl halides is 2. The van der Waals surface area contributed by atoms with Crippen LogP contribution in [0, 0.1) is 5.92 Å². The zero-order valence-corrected chi connectivity index (χ0v) is 12.1. The molecule has 0 saturated carbocycles. The second-order valence-corrected chi connectivity index (χ2v) is 5.04. The van der Waals surface area contributed by atoms with Gasteiger partial charge >= 0.3 is 0 Å². The van der Waals surface area contributed by atoms with Gasteiger partial charge in [-0.2, -0.15) is 0 Å². The van der Waals surface area contributed by atoms with Crippen molar-refractivity contribution in [3.05, 3.63) is 23.9 Å². The van der Waals surface area contributed by atoms with Gasteiger partial charge in [-0.25, -0.2) is 13.8 Å². The first-order valence-electron chi connectivity index (χ1n) is 6.71. The average Bonchev–Trinajstić information content (AvgIpc) is 2.44. The predicted molar refractivity (Wildman–Crippen MR) is 73.5 cm³/mol. The topological polar surface area (TPSA) is 71.5 Å². The summed E-state index contributed by atoms with van der Waals surface area (Å²) in [7, 11) is 0. The Kier molecular flexibility index (Phi) is 7.01. The fourth-order valence-corrected chi connectivity index (χ4v) is 1.83. The molecule has 21 heavy (non-hydrogen) atoms. The smallest absolute Gasteiger partial charge is 0.272 e. The van der Waals surface area contributed by atoms with Crippen LogP contribution in [0.15, 0.2) is 18.3 Å². The van der Waals surface area contributed by atoms with Gasteiger partial charge in [-0.05, 0) is 24.5 Å². The Balaban J connectivity index is 2.76. The summed E-state index contributed by atoms with van der Waals surface area (Å²) in [4.78, 5) is 15.9. The van der Waals surface area contributed by atoms with E-state index in [1.54, 1.807) is 0 Å². The predicted octanol–water partition coefficient (Wildman–Crippen LogP) is 1.86. The first-order valence-corrected chi connectivity index (χ1v) is 6.71. The monoisotopic (exact) mass is 302 g/mol. The van der Waals surface area contributed by atoms with E-state index >= 15 is 0 Å². The van der Waals surface area contributed by atoms with E-state index < -0.39 is 25.0 Å². The maximum absolute atomic E-state index is 12.2. The highest BCUT2D eigenvalue weighted by molar-refractivity contribution is 5.96. The van der Waals surface area contributed by atoms with Crippen molar-refractivity contribution < 1.29 is 23.4 Å². The van der Waals surface area contributed by atoms with Crippen molar-refractivity contribution >= 4 is 5.91 Å². The molecule has 1 rings (SSSR count). The molecule has 1 atom stereocenters. The normalized spacial score (nSPS) is 12.5. The van der Waals surface area contributed by atoms with E-state index in [4.69, 9.17) is 4.74 Å². The number of carbonyl (C=O) groups is 1. The third kappa shape index (κ3) is 6.03. The van der Waals surface area contributed by atoms with Gasteiger partial charge in [0.2, 0.25) is 5.88 Å². The van der Waals surface area contributed by atoms with Crippen LogP contribution in [0.4, 0.5) is 8.78 Å². The SMILES string of the molecule is CC(C)CC(CO)NC(=O)c1cccnc1OCC(F)F. The molecule has 2 N–H and O–H groups in total. The number of hydrogen-bond acceptors (Lipinski definition) is 4. The Morgan fingerprint density at radius 3 is 2.76 bits per heavy atom. The molecular formula is C14H20F2N2O3. The molecule has 0 aromatic carbocycles. The molecule has 118 valence electrons. The van der Waals surface area contributed by atoms with Crippen LogP contribution in [0.1, 0.15) is 30.6 Å². The quantitative estimate of drug-likeness (QED) is 0.769. The second-order valence-electron chi connectivity index (χ2n) is 5.04. The lowest BCUT2D eigenvalue weighted by molar-refractivity contribution is 0.0766. The number of ether oxygens (including phenoxy) is 1. The van der Waals surface area contributed by atoms with Gasteiger partial charge in [0, 0.05) is 6.20 Å². The van der Waals surface area contributed by atoms with Crippen LogP contribution in [0.3, 0.4) is 0 Å². The summed E-state index contributed by atoms with van der Waals surface area (Å²) in [5.41, 5.74) is 0.0698. The van der Waals surface area contributed by atoms with Gasteiger partial charge < -0.3 is 15.2 Å². The number of nitrogens with zero attached hydrogens (tertiary/aromatic N) is 1. The average molecular weight is 302 g/mol. The molecular weight excluding hydrogens is 282 g/mol. The fourth-order valence-electron chi connectivity index (χ4n) is 1.83. The van der Waals surface area contributed by atoms with Gasteiger partial charge in [-0.15, -0.1) is 0 Å². The lowest BCUT2D eigenvalue weighted by Crippen LogP contribution is -2.38. The molecule has 0 aliphatic carbocycles. The maximum Gasteiger partial charge on any atom is 0.272 e. The van der Waals surface area contributed by atoms with Crippen molar-refractivity contribution in [2.75, 3.05) is 13.2 Å². The fraction of sp³-hybridized carbons (Fsp3) is 0.571. The number of rotatable bonds is 8. The van der Waals surface area contributed by atoms with Crippen molar-refractivity contribution in [2.45, 2.75) is 32.7 Å². The van der Waals surface area contributed by atoms with Crippen LogP contribution in [0.2, 0.25) is 0 Å². The van der Waals surface area contributed by atoms with Gasteiger partial charge in [0.1, 0.15) is 5.56 Å². The van der Waals surface area contributed by atoms with E-state index in [-0.39, 0.29) is 18.1 Å². The molecule has 1 heterocycles. The van der Waals surface area contributed by atoms with Gasteiger partial charge in [0.15, 0.2) is 6.61 Å². The lowest BCUT2D eigenvalue weighted by Gasteiger charge is -2.19. The molecule has 0 fully saturated rings. The van der Waals surface area contributed by atoms with Gasteiger partial charge in [0.25, 0.3) is 12.3 Å². The van der Waals surface area contributed by atoms with Crippen molar-refractivity contribution in [3.63, 3.8) is 0 Å². The first-order chi connectivity index (χ1) is 9.93. The van der Waals surface area contributed by atoms with Crippen LogP contribution in [-0.4, -0.2) is 41.7 Å². The summed E-state index contributed by atoms with van der Waals surface area (Å²) >= 11 is 0. The molecule has 0 spiro atoms. The zero-order valence-electron chi connectivity index (χ0n) is 12.1. The summed E-state index contributed by atoms with van der Waals surface area (Å²) in [6.45, 7) is 2.91. The Morgan fingerprint density at radius 1 is 1.48 bits per heavy atom. The minimum atomic E-state index is -2.64. The molecule has 0 radical (unpaired) electrons. The molecule has 5 nitrogen and oxygen atoms in total. The molecule has 0 bridgehead atoms. The van der Waals surface area contributed by atoms with Crippen LogP contribution >= 0.6 is 0 Å². The van der Waals surface area contributed by atoms with Crippen LogP contribution < -0.4 is 10.1 Å². The standard InChI is InChI=1S/C14H20F2N2O3/c1-9(2)6-10(7-19)18-13(20)11-4-3-5-17-14(11)21-8-12(15)16/h3-5,9-10,12,19H,6-8H2,1-2H3,(H,18,20). The van der Waals surface area contributed by atoms with E-state index in [2.05, 4.69) is 10.3 Å². The summed E-state index contributed by atoms with van der Waals surface area (Å²) in [5.74, 6) is -0.352. The highest BCUT2D eigenvalue weighted by atomic mass is 19.3. The number of nitrogens with one attached hydrogen (secondary N) is 1. The number of aliphatic hydroxyl groups is 1. The number of hydrogen-bond donors (Lipinski definition) is 2. The van der Waals surface area contributed by atoms with E-state index in [1.807, 2.05) is 13.8 Å².